The second-order valence-corrected chi connectivity index (χ2v) is 6.65. The first-order valence-corrected chi connectivity index (χ1v) is 8.87. The lowest BCUT2D eigenvalue weighted by atomic mass is 10.1. The van der Waals surface area contributed by atoms with Crippen molar-refractivity contribution in [2.45, 2.75) is 25.3 Å². The van der Waals surface area contributed by atoms with Gasteiger partial charge in [0.15, 0.2) is 11.6 Å². The lowest BCUT2D eigenvalue weighted by molar-refractivity contribution is -0.132. The summed E-state index contributed by atoms with van der Waals surface area (Å²) in [4.78, 5) is 19.8. The topological polar surface area (TPSA) is 94.6 Å². The number of amides is 1. The summed E-state index contributed by atoms with van der Waals surface area (Å²) < 4.78 is 28.1. The molecule has 146 valence electrons. The average Bonchev–Trinajstić information content (AvgIpc) is 3.34. The number of benzene rings is 1. The van der Waals surface area contributed by atoms with E-state index in [0.717, 1.165) is 12.1 Å². The Balaban J connectivity index is 1.37. The molecule has 0 bridgehead atoms. The number of rotatable bonds is 4. The van der Waals surface area contributed by atoms with Gasteiger partial charge in [-0.15, -0.1) is 10.2 Å². The Kier molecular flexibility index (Phi) is 4.80. The van der Waals surface area contributed by atoms with Crippen LogP contribution >= 0.6 is 0 Å². The van der Waals surface area contributed by atoms with Gasteiger partial charge in [0, 0.05) is 25.7 Å². The molecule has 0 saturated carbocycles. The van der Waals surface area contributed by atoms with E-state index >= 15 is 0 Å². The van der Waals surface area contributed by atoms with Crippen molar-refractivity contribution in [1.29, 1.82) is 0 Å². The summed E-state index contributed by atoms with van der Waals surface area (Å²) in [5.74, 6) is -1.01. The summed E-state index contributed by atoms with van der Waals surface area (Å²) in [6.45, 7) is 1.15. The van der Waals surface area contributed by atoms with Crippen LogP contribution in [0.15, 0.2) is 24.5 Å². The number of piperidine rings is 1. The highest BCUT2D eigenvalue weighted by Crippen LogP contribution is 2.23. The monoisotopic (exact) mass is 388 g/mol. The molecule has 0 N–H and O–H groups in total. The van der Waals surface area contributed by atoms with Crippen LogP contribution in [0.3, 0.4) is 0 Å². The molecular weight excluding hydrogens is 370 g/mol. The number of aryl methyl sites for hydroxylation is 1. The van der Waals surface area contributed by atoms with Crippen LogP contribution in [0.1, 0.15) is 24.7 Å². The molecule has 1 amide bonds. The van der Waals surface area contributed by atoms with Crippen LogP contribution in [0.5, 0.6) is 0 Å². The quantitative estimate of drug-likeness (QED) is 0.666. The summed E-state index contributed by atoms with van der Waals surface area (Å²) in [5, 5.41) is 16.3. The summed E-state index contributed by atoms with van der Waals surface area (Å²) >= 11 is 0. The van der Waals surface area contributed by atoms with Gasteiger partial charge in [-0.05, 0) is 36.3 Å². The number of tetrazole rings is 1. The Morgan fingerprint density at radius 3 is 2.68 bits per heavy atom. The maximum absolute atomic E-state index is 13.4. The van der Waals surface area contributed by atoms with E-state index in [2.05, 4.69) is 25.5 Å². The largest absolute Gasteiger partial charge is 0.342 e. The molecule has 0 radical (unpaired) electrons. The predicted octanol–water partition coefficient (Wildman–Crippen LogP) is 1.15. The lowest BCUT2D eigenvalue weighted by Gasteiger charge is -2.31. The molecule has 0 aliphatic carbocycles. The maximum Gasteiger partial charge on any atom is 0.230 e. The van der Waals surface area contributed by atoms with Crippen LogP contribution in [0.25, 0.3) is 11.4 Å². The minimum Gasteiger partial charge on any atom is -0.342 e. The number of aromatic nitrogens is 7. The van der Waals surface area contributed by atoms with E-state index in [1.807, 2.05) is 0 Å². The summed E-state index contributed by atoms with van der Waals surface area (Å²) in [6.07, 6.45) is 3.00. The fourth-order valence-electron chi connectivity index (χ4n) is 3.20. The fourth-order valence-corrected chi connectivity index (χ4v) is 3.20. The molecule has 1 fully saturated rings. The van der Waals surface area contributed by atoms with Crippen molar-refractivity contribution >= 4 is 5.91 Å². The van der Waals surface area contributed by atoms with Gasteiger partial charge < -0.3 is 4.90 Å². The smallest absolute Gasteiger partial charge is 0.230 e. The van der Waals surface area contributed by atoms with Gasteiger partial charge in [0.2, 0.25) is 11.7 Å². The van der Waals surface area contributed by atoms with Gasteiger partial charge in [0.05, 0.1) is 12.5 Å². The van der Waals surface area contributed by atoms with Crippen LogP contribution in [0.2, 0.25) is 0 Å². The average molecular weight is 388 g/mol. The molecule has 11 heteroatoms. The van der Waals surface area contributed by atoms with Crippen molar-refractivity contribution in [3.05, 3.63) is 42.0 Å². The van der Waals surface area contributed by atoms with Crippen molar-refractivity contribution < 1.29 is 13.6 Å². The summed E-state index contributed by atoms with van der Waals surface area (Å²) in [6, 6.07) is 3.48. The van der Waals surface area contributed by atoms with Crippen LogP contribution in [0, 0.1) is 11.6 Å². The first kappa shape index (κ1) is 18.1. The molecule has 3 aromatic rings. The van der Waals surface area contributed by atoms with E-state index in [1.165, 1.54) is 17.2 Å². The van der Waals surface area contributed by atoms with Crippen LogP contribution in [0.4, 0.5) is 8.78 Å². The fraction of sp³-hybridized carbons (Fsp3) is 0.412. The number of likely N-dealkylation sites (tertiary alicyclic amines) is 1. The SMILES string of the molecule is Cn1ncnc1CC(=O)N1CCC(n2nnc(-c3ccc(F)c(F)c3)n2)CC1. The van der Waals surface area contributed by atoms with Crippen molar-refractivity contribution in [2.75, 3.05) is 13.1 Å². The molecule has 2 aromatic heterocycles. The normalized spacial score (nSPS) is 15.2. The minimum absolute atomic E-state index is 0.00331. The van der Waals surface area contributed by atoms with Crippen molar-refractivity contribution in [3.8, 4) is 11.4 Å². The Morgan fingerprint density at radius 1 is 1.21 bits per heavy atom. The van der Waals surface area contributed by atoms with Gasteiger partial charge in [-0.3, -0.25) is 9.48 Å². The number of carbonyl (C=O) groups excluding carboxylic acids is 1. The van der Waals surface area contributed by atoms with E-state index in [4.69, 9.17) is 0 Å². The zero-order valence-corrected chi connectivity index (χ0v) is 15.2. The number of halogens is 2. The molecular formula is C17H18F2N8O. The molecule has 28 heavy (non-hydrogen) atoms. The van der Waals surface area contributed by atoms with Gasteiger partial charge in [-0.2, -0.15) is 9.90 Å². The molecule has 1 aliphatic rings. The molecule has 0 atom stereocenters. The summed E-state index contributed by atoms with van der Waals surface area (Å²) in [7, 11) is 1.75. The number of nitrogens with zero attached hydrogens (tertiary/aromatic N) is 8. The number of hydrogen-bond donors (Lipinski definition) is 0. The molecule has 3 heterocycles. The lowest BCUT2D eigenvalue weighted by Crippen LogP contribution is -2.40. The second-order valence-electron chi connectivity index (χ2n) is 6.65. The van der Waals surface area contributed by atoms with Gasteiger partial charge in [-0.1, -0.05) is 0 Å². The highest BCUT2D eigenvalue weighted by atomic mass is 19.2. The number of hydrogen-bond acceptors (Lipinski definition) is 6. The van der Waals surface area contributed by atoms with Crippen molar-refractivity contribution in [2.24, 2.45) is 7.05 Å². The zero-order chi connectivity index (χ0) is 19.7. The van der Waals surface area contributed by atoms with E-state index in [9.17, 15) is 13.6 Å². The third-order valence-corrected chi connectivity index (χ3v) is 4.86. The van der Waals surface area contributed by atoms with Crippen LogP contribution < -0.4 is 0 Å². The first-order chi connectivity index (χ1) is 13.5. The van der Waals surface area contributed by atoms with E-state index in [0.29, 0.717) is 37.3 Å². The predicted molar refractivity (Wildman–Crippen MR) is 92.7 cm³/mol. The molecule has 0 unspecified atom stereocenters. The maximum atomic E-state index is 13.4. The minimum atomic E-state index is -0.955. The zero-order valence-electron chi connectivity index (χ0n) is 15.2. The van der Waals surface area contributed by atoms with Gasteiger partial charge in [0.1, 0.15) is 12.2 Å². The van der Waals surface area contributed by atoms with Crippen molar-refractivity contribution in [3.63, 3.8) is 0 Å². The Morgan fingerprint density at radius 2 is 2.00 bits per heavy atom. The van der Waals surface area contributed by atoms with E-state index in [-0.39, 0.29) is 24.2 Å². The molecule has 9 nitrogen and oxygen atoms in total. The van der Waals surface area contributed by atoms with Gasteiger partial charge in [-0.25, -0.2) is 13.8 Å². The first-order valence-electron chi connectivity index (χ1n) is 8.87. The molecule has 1 saturated heterocycles. The standard InChI is InChI=1S/C17H18F2N8O/c1-25-15(20-10-21-25)9-16(28)26-6-4-12(5-7-26)27-23-17(22-24-27)11-2-3-13(18)14(19)8-11/h2-3,8,10,12H,4-7,9H2,1H3. The third kappa shape index (κ3) is 3.59. The van der Waals surface area contributed by atoms with Gasteiger partial charge in [0.25, 0.3) is 0 Å². The Hall–Kier alpha value is -3.24. The van der Waals surface area contributed by atoms with E-state index < -0.39 is 11.6 Å². The highest BCUT2D eigenvalue weighted by molar-refractivity contribution is 5.78. The van der Waals surface area contributed by atoms with Gasteiger partial charge >= 0.3 is 0 Å². The third-order valence-electron chi connectivity index (χ3n) is 4.86. The Bertz CT molecular complexity index is 993. The van der Waals surface area contributed by atoms with Crippen LogP contribution in [-0.4, -0.2) is 58.9 Å². The van der Waals surface area contributed by atoms with Crippen LogP contribution in [-0.2, 0) is 18.3 Å². The summed E-state index contributed by atoms with van der Waals surface area (Å²) in [5.41, 5.74) is 0.362. The number of carbonyl (C=O) groups is 1. The highest BCUT2D eigenvalue weighted by Gasteiger charge is 2.26. The molecule has 4 rings (SSSR count). The van der Waals surface area contributed by atoms with E-state index in [1.54, 1.807) is 16.6 Å². The second kappa shape index (κ2) is 7.41. The molecule has 0 spiro atoms. The Labute approximate surface area is 159 Å². The van der Waals surface area contributed by atoms with Crippen molar-refractivity contribution in [1.82, 2.24) is 39.9 Å². The molecule has 1 aliphatic heterocycles. The molecule has 1 aromatic carbocycles.